The van der Waals surface area contributed by atoms with Gasteiger partial charge in [0.25, 0.3) is 0 Å². The van der Waals surface area contributed by atoms with Crippen LogP contribution < -0.4 is 15.5 Å². The van der Waals surface area contributed by atoms with Gasteiger partial charge < -0.3 is 34.8 Å². The summed E-state index contributed by atoms with van der Waals surface area (Å²) in [4.78, 5) is 42.3. The van der Waals surface area contributed by atoms with Crippen molar-refractivity contribution < 1.29 is 19.1 Å². The van der Waals surface area contributed by atoms with Crippen LogP contribution in [0, 0.1) is 13.8 Å². The molecule has 0 atom stereocenters. The molecule has 2 aromatic heterocycles. The highest BCUT2D eigenvalue weighted by atomic mass is 16.6. The van der Waals surface area contributed by atoms with Crippen molar-refractivity contribution >= 4 is 34.9 Å². The molecular formula is C39H62N10O4. The van der Waals surface area contributed by atoms with Crippen LogP contribution in [0.2, 0.25) is 0 Å². The summed E-state index contributed by atoms with van der Waals surface area (Å²) in [5.74, 6) is 1.51. The lowest BCUT2D eigenvalue weighted by Crippen LogP contribution is -2.46. The third-order valence-electron chi connectivity index (χ3n) is 9.66. The minimum atomic E-state index is -0.619. The molecule has 2 aliphatic rings. The summed E-state index contributed by atoms with van der Waals surface area (Å²) < 4.78 is 13.4. The molecule has 5 rings (SSSR count). The van der Waals surface area contributed by atoms with E-state index < -0.39 is 11.2 Å². The number of amides is 2. The standard InChI is InChI=1S/C39H62N10O4/c1-28-24-32-33(25-29(28)2)42-35(46-22-16-40-17-23-46)43-34(32)41-26-30-27-48(45-44-30)20-12-18-47(36(50)52-38(3,4)5)19-13-21-49(31-14-10-9-11-15-31)37(51)53-39(6,7)8/h24-25,27,31,40H,9-23,26H2,1-8H3,(H,41,42,43). The van der Waals surface area contributed by atoms with Crippen molar-refractivity contribution in [2.75, 3.05) is 56.0 Å². The molecule has 1 saturated heterocycles. The van der Waals surface area contributed by atoms with E-state index in [1.54, 1.807) is 4.90 Å². The first kappa shape index (κ1) is 40.0. The molecule has 0 spiro atoms. The predicted molar refractivity (Wildman–Crippen MR) is 208 cm³/mol. The van der Waals surface area contributed by atoms with Crippen LogP contribution in [0.15, 0.2) is 18.3 Å². The molecule has 1 aliphatic carbocycles. The van der Waals surface area contributed by atoms with Crippen molar-refractivity contribution in [1.82, 2.24) is 40.1 Å². The normalized spacial score (nSPS) is 15.7. The van der Waals surface area contributed by atoms with Gasteiger partial charge in [0.1, 0.15) is 22.7 Å². The summed E-state index contributed by atoms with van der Waals surface area (Å²) in [6.45, 7) is 21.6. The van der Waals surface area contributed by atoms with Crippen LogP contribution in [0.4, 0.5) is 21.4 Å². The Kier molecular flexibility index (Phi) is 13.4. The van der Waals surface area contributed by atoms with Crippen LogP contribution in [0.3, 0.4) is 0 Å². The molecule has 0 radical (unpaired) electrons. The maximum atomic E-state index is 13.3. The lowest BCUT2D eigenvalue weighted by molar-refractivity contribution is 0.00994. The van der Waals surface area contributed by atoms with Gasteiger partial charge in [-0.1, -0.05) is 24.5 Å². The third-order valence-corrected chi connectivity index (χ3v) is 9.66. The maximum Gasteiger partial charge on any atom is 0.410 e. The molecule has 2 amide bonds. The van der Waals surface area contributed by atoms with E-state index in [4.69, 9.17) is 19.4 Å². The lowest BCUT2D eigenvalue weighted by Gasteiger charge is -2.36. The number of ether oxygens (including phenoxy) is 2. The van der Waals surface area contributed by atoms with Crippen LogP contribution >= 0.6 is 0 Å². The quantitative estimate of drug-likeness (QED) is 0.200. The Morgan fingerprint density at radius 2 is 1.55 bits per heavy atom. The van der Waals surface area contributed by atoms with Crippen LogP contribution in [0.1, 0.15) is 103 Å². The van der Waals surface area contributed by atoms with Gasteiger partial charge in [-0.25, -0.2) is 14.6 Å². The van der Waals surface area contributed by atoms with Crippen molar-refractivity contribution in [1.29, 1.82) is 0 Å². The van der Waals surface area contributed by atoms with Crippen LogP contribution in [-0.2, 0) is 22.6 Å². The van der Waals surface area contributed by atoms with E-state index >= 15 is 0 Å². The van der Waals surface area contributed by atoms with Gasteiger partial charge in [-0.2, -0.15) is 4.98 Å². The molecule has 0 unspecified atom stereocenters. The Balaban J connectivity index is 1.19. The van der Waals surface area contributed by atoms with Gasteiger partial charge in [-0.3, -0.25) is 4.68 Å². The van der Waals surface area contributed by atoms with E-state index in [0.717, 1.165) is 80.2 Å². The average molecular weight is 735 g/mol. The second kappa shape index (κ2) is 17.7. The van der Waals surface area contributed by atoms with E-state index in [1.165, 1.54) is 17.5 Å². The highest BCUT2D eigenvalue weighted by molar-refractivity contribution is 5.91. The SMILES string of the molecule is Cc1cc2nc(N3CCNCC3)nc(NCc3cn(CCCN(CCCN(C(=O)OC(C)(C)C)C4CCCCC4)C(=O)OC(C)(C)C)nn3)c2cc1C. The molecule has 0 bridgehead atoms. The first-order valence-electron chi connectivity index (χ1n) is 19.5. The number of aromatic nitrogens is 5. The Bertz CT molecular complexity index is 1670. The molecule has 3 aromatic rings. The van der Waals surface area contributed by atoms with Crippen molar-refractivity contribution in [2.24, 2.45) is 0 Å². The molecule has 1 aliphatic heterocycles. The topological polar surface area (TPSA) is 143 Å². The van der Waals surface area contributed by atoms with Crippen molar-refractivity contribution in [3.8, 4) is 0 Å². The second-order valence-electron chi connectivity index (χ2n) is 16.5. The second-order valence-corrected chi connectivity index (χ2v) is 16.5. The van der Waals surface area contributed by atoms with Gasteiger partial charge >= 0.3 is 12.2 Å². The minimum absolute atomic E-state index is 0.167. The number of hydrogen-bond acceptors (Lipinski definition) is 11. The summed E-state index contributed by atoms with van der Waals surface area (Å²) in [6, 6.07) is 4.45. The van der Waals surface area contributed by atoms with E-state index in [2.05, 4.69) is 51.8 Å². The highest BCUT2D eigenvalue weighted by Crippen LogP contribution is 2.28. The summed E-state index contributed by atoms with van der Waals surface area (Å²) in [5.41, 5.74) is 2.91. The fourth-order valence-corrected chi connectivity index (χ4v) is 6.83. The van der Waals surface area contributed by atoms with Gasteiger partial charge in [-0.05, 0) is 104 Å². The number of carbonyl (C=O) groups excluding carboxylic acids is 2. The van der Waals surface area contributed by atoms with Crippen LogP contribution in [0.25, 0.3) is 10.9 Å². The fourth-order valence-electron chi connectivity index (χ4n) is 6.83. The Morgan fingerprint density at radius 3 is 2.25 bits per heavy atom. The molecule has 2 N–H and O–H groups in total. The number of nitrogens with one attached hydrogen (secondary N) is 2. The minimum Gasteiger partial charge on any atom is -0.444 e. The largest absolute Gasteiger partial charge is 0.444 e. The molecular weight excluding hydrogens is 672 g/mol. The number of anilines is 2. The van der Waals surface area contributed by atoms with Gasteiger partial charge in [0.2, 0.25) is 5.95 Å². The van der Waals surface area contributed by atoms with E-state index in [9.17, 15) is 9.59 Å². The van der Waals surface area contributed by atoms with Gasteiger partial charge in [0.15, 0.2) is 0 Å². The summed E-state index contributed by atoms with van der Waals surface area (Å²) in [7, 11) is 0. The molecule has 1 aromatic carbocycles. The molecule has 1 saturated carbocycles. The Labute approximate surface area is 315 Å². The molecule has 14 nitrogen and oxygen atoms in total. The lowest BCUT2D eigenvalue weighted by atomic mass is 9.94. The number of benzene rings is 1. The van der Waals surface area contributed by atoms with E-state index in [1.807, 2.05) is 57.3 Å². The average Bonchev–Trinajstić information content (AvgIpc) is 3.55. The molecule has 292 valence electrons. The number of rotatable bonds is 13. The fraction of sp³-hybridized carbons (Fsp3) is 0.692. The molecule has 14 heteroatoms. The van der Waals surface area contributed by atoms with Crippen LogP contribution in [-0.4, -0.2) is 110 Å². The van der Waals surface area contributed by atoms with Gasteiger partial charge in [0, 0.05) is 63.8 Å². The number of piperazine rings is 1. The smallest absolute Gasteiger partial charge is 0.410 e. The number of fused-ring (bicyclic) bond motifs is 1. The van der Waals surface area contributed by atoms with Crippen LogP contribution in [0.5, 0.6) is 0 Å². The molecule has 2 fully saturated rings. The van der Waals surface area contributed by atoms with E-state index in [-0.39, 0.29) is 18.2 Å². The zero-order valence-corrected chi connectivity index (χ0v) is 33.3. The third kappa shape index (κ3) is 11.9. The monoisotopic (exact) mass is 734 g/mol. The van der Waals surface area contributed by atoms with Crippen molar-refractivity contribution in [3.05, 3.63) is 35.2 Å². The summed E-state index contributed by atoms with van der Waals surface area (Å²) in [6.07, 6.45) is 7.99. The summed E-state index contributed by atoms with van der Waals surface area (Å²) in [5, 5.41) is 16.7. The number of nitrogens with zero attached hydrogens (tertiary/aromatic N) is 8. The van der Waals surface area contributed by atoms with E-state index in [0.29, 0.717) is 45.6 Å². The number of hydrogen-bond donors (Lipinski definition) is 2. The summed E-state index contributed by atoms with van der Waals surface area (Å²) >= 11 is 0. The maximum absolute atomic E-state index is 13.3. The van der Waals surface area contributed by atoms with Crippen molar-refractivity contribution in [2.45, 2.75) is 131 Å². The first-order valence-corrected chi connectivity index (χ1v) is 19.5. The Morgan fingerprint density at radius 1 is 0.887 bits per heavy atom. The van der Waals surface area contributed by atoms with Crippen molar-refractivity contribution in [3.63, 3.8) is 0 Å². The predicted octanol–water partition coefficient (Wildman–Crippen LogP) is 6.45. The number of carbonyl (C=O) groups is 2. The van der Waals surface area contributed by atoms with Gasteiger partial charge in [0.05, 0.1) is 18.3 Å². The van der Waals surface area contributed by atoms with Gasteiger partial charge in [-0.15, -0.1) is 5.10 Å². The molecule has 3 heterocycles. The zero-order chi connectivity index (χ0) is 38.2. The Hall–Kier alpha value is -4.20. The highest BCUT2D eigenvalue weighted by Gasteiger charge is 2.30. The molecule has 53 heavy (non-hydrogen) atoms. The first-order chi connectivity index (χ1) is 25.1. The zero-order valence-electron chi connectivity index (χ0n) is 33.3. The number of aryl methyl sites for hydroxylation is 3.